The highest BCUT2D eigenvalue weighted by atomic mass is 19.4. The minimum absolute atomic E-state index is 0.150. The summed E-state index contributed by atoms with van der Waals surface area (Å²) in [6.07, 6.45) is -3.12. The fourth-order valence-corrected chi connectivity index (χ4v) is 4.39. The third-order valence-electron chi connectivity index (χ3n) is 5.82. The van der Waals surface area contributed by atoms with Crippen LogP contribution in [0.5, 0.6) is 0 Å². The van der Waals surface area contributed by atoms with Crippen LogP contribution in [0.4, 0.5) is 24.5 Å². The van der Waals surface area contributed by atoms with Crippen molar-refractivity contribution in [1.82, 2.24) is 10.4 Å². The summed E-state index contributed by atoms with van der Waals surface area (Å²) in [5, 5.41) is 1.44. The van der Waals surface area contributed by atoms with Gasteiger partial charge in [0.05, 0.1) is 29.7 Å². The van der Waals surface area contributed by atoms with E-state index in [1.807, 2.05) is 6.92 Å². The topological polar surface area (TPSA) is 69.0 Å². The van der Waals surface area contributed by atoms with Gasteiger partial charge in [0.2, 0.25) is 5.91 Å². The fourth-order valence-electron chi connectivity index (χ4n) is 4.39. The molecule has 31 heavy (non-hydrogen) atoms. The molecule has 166 valence electrons. The van der Waals surface area contributed by atoms with Gasteiger partial charge in [0.1, 0.15) is 6.04 Å². The molecule has 0 spiro atoms. The van der Waals surface area contributed by atoms with E-state index in [2.05, 4.69) is 5.43 Å². The average Bonchev–Trinajstić information content (AvgIpc) is 3.35. The molecule has 1 saturated heterocycles. The highest BCUT2D eigenvalue weighted by Gasteiger charge is 2.47. The van der Waals surface area contributed by atoms with Crippen molar-refractivity contribution in [2.24, 2.45) is 0 Å². The van der Waals surface area contributed by atoms with Crippen LogP contribution in [0.2, 0.25) is 0 Å². The number of amides is 2. The standard InChI is InChI=1S/C21H23F3N4O3/c1-12-11-27(20(30)18-5-4-8-31-18)17-9-14(6-7-15(17)28(12)13(2)29)16-10-19(21(22,23)24)25-26(16)3/h4-9,12,16,19,25H,10-11H2,1-3H3/t12-,16?,19?/m0/s1. The Labute approximate surface area is 177 Å². The number of benzene rings is 1. The normalized spacial score (nSPS) is 24.4. The molecule has 1 N–H and O–H groups in total. The van der Waals surface area contributed by atoms with Crippen LogP contribution in [0.25, 0.3) is 0 Å². The maximum absolute atomic E-state index is 13.2. The van der Waals surface area contributed by atoms with Crippen LogP contribution in [-0.2, 0) is 4.79 Å². The minimum Gasteiger partial charge on any atom is -0.459 e. The van der Waals surface area contributed by atoms with Crippen LogP contribution in [0.3, 0.4) is 0 Å². The lowest BCUT2D eigenvalue weighted by atomic mass is 9.97. The van der Waals surface area contributed by atoms with E-state index < -0.39 is 18.3 Å². The zero-order chi connectivity index (χ0) is 22.5. The molecule has 2 amide bonds. The third kappa shape index (κ3) is 3.81. The third-order valence-corrected chi connectivity index (χ3v) is 5.82. The Hall–Kier alpha value is -2.85. The SMILES string of the molecule is CC(=O)N1c2ccc(C3CC(C(F)(F)F)NN3C)cc2N(C(=O)c2ccco2)C[C@@H]1C. The summed E-state index contributed by atoms with van der Waals surface area (Å²) in [7, 11) is 1.56. The van der Waals surface area contributed by atoms with Crippen molar-refractivity contribution in [3.63, 3.8) is 0 Å². The van der Waals surface area contributed by atoms with Crippen molar-refractivity contribution in [1.29, 1.82) is 0 Å². The number of carbonyl (C=O) groups excluding carboxylic acids is 2. The highest BCUT2D eigenvalue weighted by molar-refractivity contribution is 6.09. The number of furan rings is 1. The van der Waals surface area contributed by atoms with Gasteiger partial charge in [0, 0.05) is 20.5 Å². The lowest BCUT2D eigenvalue weighted by Crippen LogP contribution is -2.51. The van der Waals surface area contributed by atoms with Gasteiger partial charge < -0.3 is 14.2 Å². The number of nitrogens with one attached hydrogen (secondary N) is 1. The molecule has 0 bridgehead atoms. The molecule has 7 nitrogen and oxygen atoms in total. The van der Waals surface area contributed by atoms with E-state index in [0.29, 0.717) is 16.9 Å². The van der Waals surface area contributed by atoms with Crippen LogP contribution in [-0.4, -0.2) is 48.7 Å². The van der Waals surface area contributed by atoms with Crippen molar-refractivity contribution in [3.8, 4) is 0 Å². The maximum Gasteiger partial charge on any atom is 0.405 e. The first-order chi connectivity index (χ1) is 14.6. The molecule has 1 aromatic heterocycles. The predicted octanol–water partition coefficient (Wildman–Crippen LogP) is 3.49. The number of nitrogens with zero attached hydrogens (tertiary/aromatic N) is 3. The molecule has 4 rings (SSSR count). The first kappa shape index (κ1) is 21.4. The summed E-state index contributed by atoms with van der Waals surface area (Å²) in [6, 6.07) is 5.80. The summed E-state index contributed by atoms with van der Waals surface area (Å²) in [4.78, 5) is 28.5. The number of rotatable bonds is 2. The lowest BCUT2D eigenvalue weighted by Gasteiger charge is -2.41. The quantitative estimate of drug-likeness (QED) is 0.781. The summed E-state index contributed by atoms with van der Waals surface area (Å²) >= 11 is 0. The number of halogens is 3. The van der Waals surface area contributed by atoms with Crippen LogP contribution < -0.4 is 15.2 Å². The van der Waals surface area contributed by atoms with Crippen molar-refractivity contribution in [2.45, 2.75) is 44.6 Å². The van der Waals surface area contributed by atoms with Gasteiger partial charge in [-0.2, -0.15) is 13.2 Å². The Bertz CT molecular complexity index is 992. The van der Waals surface area contributed by atoms with E-state index in [-0.39, 0.29) is 36.6 Å². The van der Waals surface area contributed by atoms with Crippen molar-refractivity contribution in [3.05, 3.63) is 47.9 Å². The molecule has 0 aliphatic carbocycles. The van der Waals surface area contributed by atoms with E-state index in [0.717, 1.165) is 0 Å². The Balaban J connectivity index is 1.75. The zero-order valence-electron chi connectivity index (χ0n) is 17.3. The largest absolute Gasteiger partial charge is 0.459 e. The van der Waals surface area contributed by atoms with Gasteiger partial charge in [0.25, 0.3) is 5.91 Å². The molecule has 3 atom stereocenters. The number of alkyl halides is 3. The van der Waals surface area contributed by atoms with Crippen molar-refractivity contribution < 1.29 is 27.2 Å². The minimum atomic E-state index is -4.36. The molecule has 1 aromatic carbocycles. The molecule has 0 radical (unpaired) electrons. The molecule has 2 aliphatic heterocycles. The van der Waals surface area contributed by atoms with E-state index >= 15 is 0 Å². The van der Waals surface area contributed by atoms with Gasteiger partial charge in [-0.25, -0.2) is 10.4 Å². The maximum atomic E-state index is 13.2. The smallest absolute Gasteiger partial charge is 0.405 e. The van der Waals surface area contributed by atoms with Gasteiger partial charge >= 0.3 is 6.18 Å². The number of hydrogen-bond acceptors (Lipinski definition) is 5. The number of carbonyl (C=O) groups is 2. The molecule has 0 saturated carbocycles. The van der Waals surface area contributed by atoms with Crippen molar-refractivity contribution >= 4 is 23.2 Å². The Morgan fingerprint density at radius 1 is 1.19 bits per heavy atom. The number of anilines is 2. The lowest BCUT2D eigenvalue weighted by molar-refractivity contribution is -0.156. The van der Waals surface area contributed by atoms with Gasteiger partial charge in [-0.1, -0.05) is 6.07 Å². The molecular formula is C21H23F3N4O3. The molecular weight excluding hydrogens is 413 g/mol. The van der Waals surface area contributed by atoms with E-state index in [9.17, 15) is 22.8 Å². The first-order valence-electron chi connectivity index (χ1n) is 9.92. The number of hydrazine groups is 1. The molecule has 2 aromatic rings. The second kappa shape index (κ2) is 7.69. The Morgan fingerprint density at radius 2 is 1.94 bits per heavy atom. The zero-order valence-corrected chi connectivity index (χ0v) is 17.3. The molecule has 2 unspecified atom stereocenters. The van der Waals surface area contributed by atoms with Gasteiger partial charge in [-0.15, -0.1) is 0 Å². The van der Waals surface area contributed by atoms with Gasteiger partial charge in [-0.3, -0.25) is 9.59 Å². The van der Waals surface area contributed by atoms with E-state index in [1.54, 1.807) is 42.3 Å². The molecule has 2 aliphatic rings. The first-order valence-corrected chi connectivity index (χ1v) is 9.92. The fraction of sp³-hybridized carbons (Fsp3) is 0.429. The van der Waals surface area contributed by atoms with Crippen LogP contribution in [0.1, 0.15) is 42.4 Å². The summed E-state index contributed by atoms with van der Waals surface area (Å²) in [5.74, 6) is -0.399. The van der Waals surface area contributed by atoms with E-state index in [1.165, 1.54) is 23.1 Å². The summed E-state index contributed by atoms with van der Waals surface area (Å²) in [6.45, 7) is 3.52. The summed E-state index contributed by atoms with van der Waals surface area (Å²) in [5.41, 5.74) is 4.09. The second-order valence-electron chi connectivity index (χ2n) is 7.96. The molecule has 1 fully saturated rings. The highest BCUT2D eigenvalue weighted by Crippen LogP contribution is 2.42. The van der Waals surface area contributed by atoms with E-state index in [4.69, 9.17) is 4.42 Å². The van der Waals surface area contributed by atoms with Crippen LogP contribution >= 0.6 is 0 Å². The Kier molecular flexibility index (Phi) is 5.30. The number of hydrogen-bond donors (Lipinski definition) is 1. The van der Waals surface area contributed by atoms with Crippen LogP contribution in [0, 0.1) is 0 Å². The average molecular weight is 436 g/mol. The van der Waals surface area contributed by atoms with Crippen molar-refractivity contribution in [2.75, 3.05) is 23.4 Å². The monoisotopic (exact) mass is 436 g/mol. The van der Waals surface area contributed by atoms with Gasteiger partial charge in [-0.05, 0) is 43.2 Å². The van der Waals surface area contributed by atoms with Crippen LogP contribution in [0.15, 0.2) is 41.0 Å². The molecule has 3 heterocycles. The Morgan fingerprint density at radius 3 is 2.52 bits per heavy atom. The predicted molar refractivity (Wildman–Crippen MR) is 108 cm³/mol. The summed E-state index contributed by atoms with van der Waals surface area (Å²) < 4.78 is 44.9. The number of fused-ring (bicyclic) bond motifs is 1. The molecule has 10 heteroatoms. The second-order valence-corrected chi connectivity index (χ2v) is 7.96. The van der Waals surface area contributed by atoms with Gasteiger partial charge in [0.15, 0.2) is 5.76 Å².